The summed E-state index contributed by atoms with van der Waals surface area (Å²) in [6.07, 6.45) is 2.54. The van der Waals surface area contributed by atoms with E-state index in [9.17, 15) is 9.18 Å². The Morgan fingerprint density at radius 3 is 3.06 bits per heavy atom. The highest BCUT2D eigenvalue weighted by Crippen LogP contribution is 2.27. The van der Waals surface area contributed by atoms with Gasteiger partial charge in [0, 0.05) is 6.20 Å². The first kappa shape index (κ1) is 11.5. The number of nitrogens with one attached hydrogen (secondary N) is 1. The lowest BCUT2D eigenvalue weighted by Gasteiger charge is -2.01. The molecule has 0 amide bonds. The van der Waals surface area contributed by atoms with Gasteiger partial charge in [-0.15, -0.1) is 11.3 Å². The van der Waals surface area contributed by atoms with Gasteiger partial charge in [0.25, 0.3) is 5.56 Å². The summed E-state index contributed by atoms with van der Waals surface area (Å²) in [5.41, 5.74) is 0.495. The van der Waals surface area contributed by atoms with E-state index < -0.39 is 5.82 Å². The standard InChI is InChI=1S/C11H5BrFN3OS/c12-8-3-7-9(18-8)11(17)16-10(15-7)5-1-2-14-4-6(5)13/h1-4H,(H,15,16,17). The summed E-state index contributed by atoms with van der Waals surface area (Å²) in [6.45, 7) is 0. The molecule has 4 nitrogen and oxygen atoms in total. The zero-order chi connectivity index (χ0) is 12.7. The molecule has 18 heavy (non-hydrogen) atoms. The third kappa shape index (κ3) is 1.85. The summed E-state index contributed by atoms with van der Waals surface area (Å²) >= 11 is 4.59. The molecule has 1 N–H and O–H groups in total. The van der Waals surface area contributed by atoms with Crippen molar-refractivity contribution in [3.63, 3.8) is 0 Å². The molecule has 0 aromatic carbocycles. The molecule has 0 atom stereocenters. The van der Waals surface area contributed by atoms with Crippen LogP contribution in [0.2, 0.25) is 0 Å². The lowest BCUT2D eigenvalue weighted by Crippen LogP contribution is -2.08. The second-order valence-electron chi connectivity index (χ2n) is 3.53. The van der Waals surface area contributed by atoms with Crippen molar-refractivity contribution in [3.05, 3.63) is 44.5 Å². The van der Waals surface area contributed by atoms with E-state index in [0.29, 0.717) is 10.2 Å². The van der Waals surface area contributed by atoms with Crippen molar-refractivity contribution in [3.8, 4) is 11.4 Å². The number of nitrogens with zero attached hydrogens (tertiary/aromatic N) is 2. The van der Waals surface area contributed by atoms with Gasteiger partial charge in [0.1, 0.15) is 10.5 Å². The fourth-order valence-corrected chi connectivity index (χ4v) is 3.03. The van der Waals surface area contributed by atoms with E-state index in [0.717, 1.165) is 9.98 Å². The maximum absolute atomic E-state index is 13.6. The van der Waals surface area contributed by atoms with Crippen LogP contribution in [0.5, 0.6) is 0 Å². The predicted octanol–water partition coefficient (Wildman–Crippen LogP) is 2.95. The second-order valence-corrected chi connectivity index (χ2v) is 5.97. The fourth-order valence-electron chi connectivity index (χ4n) is 1.61. The van der Waals surface area contributed by atoms with Gasteiger partial charge in [0.05, 0.1) is 21.1 Å². The summed E-state index contributed by atoms with van der Waals surface area (Å²) in [5, 5.41) is 0. The monoisotopic (exact) mass is 325 g/mol. The molecule has 0 spiro atoms. The van der Waals surface area contributed by atoms with Gasteiger partial charge in [-0.3, -0.25) is 9.78 Å². The normalized spacial score (nSPS) is 11.0. The Hall–Kier alpha value is -1.60. The lowest BCUT2D eigenvalue weighted by atomic mass is 10.2. The Bertz CT molecular complexity index is 798. The molecule has 3 aromatic heterocycles. The van der Waals surface area contributed by atoms with Crippen LogP contribution in [-0.2, 0) is 0 Å². The van der Waals surface area contributed by atoms with Crippen LogP contribution < -0.4 is 5.56 Å². The Morgan fingerprint density at radius 2 is 2.28 bits per heavy atom. The van der Waals surface area contributed by atoms with Crippen molar-refractivity contribution in [1.82, 2.24) is 15.0 Å². The Kier molecular flexibility index (Phi) is 2.71. The quantitative estimate of drug-likeness (QED) is 0.748. The maximum atomic E-state index is 13.6. The zero-order valence-electron chi connectivity index (χ0n) is 8.78. The van der Waals surface area contributed by atoms with Crippen LogP contribution in [0.3, 0.4) is 0 Å². The minimum absolute atomic E-state index is 0.206. The molecule has 3 rings (SSSR count). The van der Waals surface area contributed by atoms with Gasteiger partial charge < -0.3 is 4.98 Å². The van der Waals surface area contributed by atoms with E-state index in [4.69, 9.17) is 0 Å². The van der Waals surface area contributed by atoms with E-state index in [2.05, 4.69) is 30.9 Å². The van der Waals surface area contributed by atoms with Crippen molar-refractivity contribution < 1.29 is 4.39 Å². The topological polar surface area (TPSA) is 58.6 Å². The first-order chi connectivity index (χ1) is 8.65. The SMILES string of the molecule is O=c1[nH]c(-c2ccncc2F)nc2cc(Br)sc12. The highest BCUT2D eigenvalue weighted by molar-refractivity contribution is 9.11. The maximum Gasteiger partial charge on any atom is 0.269 e. The summed E-state index contributed by atoms with van der Waals surface area (Å²) < 4.78 is 14.9. The number of rotatable bonds is 1. The van der Waals surface area contributed by atoms with Crippen molar-refractivity contribution >= 4 is 37.5 Å². The first-order valence-electron chi connectivity index (χ1n) is 4.94. The molecule has 0 fully saturated rings. The highest BCUT2D eigenvalue weighted by atomic mass is 79.9. The average molecular weight is 326 g/mol. The molecule has 7 heteroatoms. The number of aromatic nitrogens is 3. The van der Waals surface area contributed by atoms with E-state index in [1.165, 1.54) is 23.6 Å². The molecule has 90 valence electrons. The van der Waals surface area contributed by atoms with Gasteiger partial charge in [0.2, 0.25) is 0 Å². The number of hydrogen-bond acceptors (Lipinski definition) is 4. The van der Waals surface area contributed by atoms with Crippen molar-refractivity contribution in [2.75, 3.05) is 0 Å². The molecule has 0 saturated carbocycles. The number of H-pyrrole nitrogens is 1. The van der Waals surface area contributed by atoms with Crippen LogP contribution in [0.1, 0.15) is 0 Å². The molecule has 0 aliphatic carbocycles. The molecular formula is C11H5BrFN3OS. The number of aromatic amines is 1. The number of pyridine rings is 1. The summed E-state index contributed by atoms with van der Waals surface area (Å²) in [5.74, 6) is -0.313. The van der Waals surface area contributed by atoms with Gasteiger partial charge in [-0.25, -0.2) is 9.37 Å². The van der Waals surface area contributed by atoms with Crippen LogP contribution in [0, 0.1) is 5.82 Å². The second kappa shape index (κ2) is 4.25. The summed E-state index contributed by atoms with van der Waals surface area (Å²) in [4.78, 5) is 22.3. The van der Waals surface area contributed by atoms with E-state index in [1.807, 2.05) is 0 Å². The minimum Gasteiger partial charge on any atom is -0.305 e. The predicted molar refractivity (Wildman–Crippen MR) is 71.1 cm³/mol. The summed E-state index contributed by atoms with van der Waals surface area (Å²) in [7, 11) is 0. The number of thiophene rings is 1. The lowest BCUT2D eigenvalue weighted by molar-refractivity contribution is 0.623. The molecule has 0 unspecified atom stereocenters. The Labute approximate surface area is 113 Å². The molecular weight excluding hydrogens is 321 g/mol. The van der Waals surface area contributed by atoms with Gasteiger partial charge in [-0.05, 0) is 28.1 Å². The molecule has 0 saturated heterocycles. The first-order valence-corrected chi connectivity index (χ1v) is 6.55. The molecule has 3 aromatic rings. The number of halogens is 2. The Morgan fingerprint density at radius 1 is 1.44 bits per heavy atom. The third-order valence-electron chi connectivity index (χ3n) is 2.38. The van der Waals surface area contributed by atoms with E-state index in [-0.39, 0.29) is 16.9 Å². The number of hydrogen-bond donors (Lipinski definition) is 1. The van der Waals surface area contributed by atoms with Crippen LogP contribution in [0.25, 0.3) is 21.6 Å². The smallest absolute Gasteiger partial charge is 0.269 e. The van der Waals surface area contributed by atoms with Crippen LogP contribution in [0.15, 0.2) is 33.1 Å². The molecule has 0 bridgehead atoms. The average Bonchev–Trinajstić information content (AvgIpc) is 2.71. The highest BCUT2D eigenvalue weighted by Gasteiger charge is 2.11. The molecule has 3 heterocycles. The molecule has 0 radical (unpaired) electrons. The number of fused-ring (bicyclic) bond motifs is 1. The van der Waals surface area contributed by atoms with Crippen molar-refractivity contribution in [2.45, 2.75) is 0 Å². The Balaban J connectivity index is 2.31. The molecule has 0 aliphatic rings. The minimum atomic E-state index is -0.519. The van der Waals surface area contributed by atoms with Crippen LogP contribution in [-0.4, -0.2) is 15.0 Å². The van der Waals surface area contributed by atoms with Crippen LogP contribution >= 0.6 is 27.3 Å². The van der Waals surface area contributed by atoms with Gasteiger partial charge in [0.15, 0.2) is 5.82 Å². The molecule has 0 aliphatic heterocycles. The largest absolute Gasteiger partial charge is 0.305 e. The van der Waals surface area contributed by atoms with E-state index in [1.54, 1.807) is 6.07 Å². The van der Waals surface area contributed by atoms with Crippen molar-refractivity contribution in [1.29, 1.82) is 0 Å². The van der Waals surface area contributed by atoms with Gasteiger partial charge in [-0.1, -0.05) is 0 Å². The van der Waals surface area contributed by atoms with E-state index >= 15 is 0 Å². The summed E-state index contributed by atoms with van der Waals surface area (Å²) in [6, 6.07) is 3.21. The zero-order valence-corrected chi connectivity index (χ0v) is 11.2. The van der Waals surface area contributed by atoms with Gasteiger partial charge >= 0.3 is 0 Å². The third-order valence-corrected chi connectivity index (χ3v) is 4.01. The fraction of sp³-hybridized carbons (Fsp3) is 0. The van der Waals surface area contributed by atoms with Gasteiger partial charge in [-0.2, -0.15) is 0 Å². The van der Waals surface area contributed by atoms with Crippen LogP contribution in [0.4, 0.5) is 4.39 Å². The van der Waals surface area contributed by atoms with Crippen molar-refractivity contribution in [2.24, 2.45) is 0 Å².